The van der Waals surface area contributed by atoms with Crippen molar-refractivity contribution in [2.45, 2.75) is 43.6 Å². The highest BCUT2D eigenvalue weighted by Crippen LogP contribution is 2.49. The molecule has 1 aliphatic heterocycles. The van der Waals surface area contributed by atoms with Gasteiger partial charge in [0.2, 0.25) is 0 Å². The van der Waals surface area contributed by atoms with E-state index in [-0.39, 0.29) is 23.3 Å². The van der Waals surface area contributed by atoms with Gasteiger partial charge in [-0.05, 0) is 63.0 Å². The van der Waals surface area contributed by atoms with Crippen LogP contribution in [0, 0.1) is 5.92 Å². The minimum Gasteiger partial charge on any atom is -0.493 e. The van der Waals surface area contributed by atoms with Crippen LogP contribution in [0.25, 0.3) is 0 Å². The maximum absolute atomic E-state index is 12.0. The molecule has 140 valence electrons. The first-order valence-electron chi connectivity index (χ1n) is 9.42. The number of likely N-dealkylation sites (tertiary alicyclic amines) is 1. The third kappa shape index (κ3) is 2.88. The van der Waals surface area contributed by atoms with Gasteiger partial charge in [0.05, 0.1) is 20.1 Å². The second kappa shape index (κ2) is 6.62. The van der Waals surface area contributed by atoms with E-state index in [4.69, 9.17) is 14.2 Å². The number of methoxy groups -OCH3 is 2. The van der Waals surface area contributed by atoms with Crippen LogP contribution in [0.3, 0.4) is 0 Å². The highest BCUT2D eigenvalue weighted by molar-refractivity contribution is 5.76. The Morgan fingerprint density at radius 2 is 1.92 bits per heavy atom. The molecule has 3 aliphatic rings. The summed E-state index contributed by atoms with van der Waals surface area (Å²) >= 11 is 0. The predicted octanol–water partition coefficient (Wildman–Crippen LogP) is 3.28. The van der Waals surface area contributed by atoms with E-state index < -0.39 is 0 Å². The van der Waals surface area contributed by atoms with Crippen molar-refractivity contribution in [1.82, 2.24) is 4.90 Å². The van der Waals surface area contributed by atoms with Crippen molar-refractivity contribution in [3.8, 4) is 11.5 Å². The van der Waals surface area contributed by atoms with Gasteiger partial charge < -0.3 is 14.2 Å². The molecule has 1 heterocycles. The van der Waals surface area contributed by atoms with Crippen molar-refractivity contribution in [3.05, 3.63) is 35.6 Å². The van der Waals surface area contributed by atoms with E-state index in [1.807, 2.05) is 6.07 Å². The van der Waals surface area contributed by atoms with Crippen LogP contribution in [-0.4, -0.2) is 44.7 Å². The summed E-state index contributed by atoms with van der Waals surface area (Å²) in [6, 6.07) is 6.49. The van der Waals surface area contributed by atoms with Crippen LogP contribution in [0.4, 0.5) is 0 Å². The molecule has 0 bridgehead atoms. The fraction of sp³-hybridized carbons (Fsp3) is 0.571. The van der Waals surface area contributed by atoms with Gasteiger partial charge in [0, 0.05) is 17.9 Å². The van der Waals surface area contributed by atoms with Crippen LogP contribution in [-0.2, 0) is 14.9 Å². The molecule has 5 nitrogen and oxygen atoms in total. The molecular formula is C21H27NO4. The smallest absolute Gasteiger partial charge is 0.313 e. The molecule has 0 spiro atoms. The molecule has 0 aromatic heterocycles. The van der Waals surface area contributed by atoms with E-state index in [0.717, 1.165) is 55.9 Å². The molecule has 0 N–H and O–H groups in total. The molecular weight excluding hydrogens is 330 g/mol. The van der Waals surface area contributed by atoms with Crippen LogP contribution in [0.5, 0.6) is 11.5 Å². The Labute approximate surface area is 154 Å². The SMILES string of the molecule is COc1ccc([C@@]23CCC(OC(=O)C4CC4)=C[C@@H]2N(C)CC3)cc1OC. The van der Waals surface area contributed by atoms with Crippen molar-refractivity contribution in [3.63, 3.8) is 0 Å². The van der Waals surface area contributed by atoms with Crippen molar-refractivity contribution in [1.29, 1.82) is 0 Å². The number of ether oxygens (including phenoxy) is 3. The number of carbonyl (C=O) groups excluding carboxylic acids is 1. The lowest BCUT2D eigenvalue weighted by Crippen LogP contribution is -2.42. The van der Waals surface area contributed by atoms with E-state index in [9.17, 15) is 4.79 Å². The standard InChI is InChI=1S/C21H27NO4/c1-22-11-10-21(15-6-7-17(24-2)18(12-15)25-3)9-8-16(13-19(21)22)26-20(23)14-4-5-14/h6-7,12-14,19H,4-5,8-11H2,1-3H3/t19-,21-/m0/s1. The lowest BCUT2D eigenvalue weighted by molar-refractivity contribution is -0.141. The summed E-state index contributed by atoms with van der Waals surface area (Å²) in [6.45, 7) is 1.03. The molecule has 26 heavy (non-hydrogen) atoms. The molecule has 2 aliphatic carbocycles. The van der Waals surface area contributed by atoms with Crippen molar-refractivity contribution >= 4 is 5.97 Å². The van der Waals surface area contributed by atoms with Crippen LogP contribution < -0.4 is 9.47 Å². The number of likely N-dealkylation sites (N-methyl/N-ethyl adjacent to an activating group) is 1. The summed E-state index contributed by atoms with van der Waals surface area (Å²) in [6.07, 6.45) is 6.99. The molecule has 1 aromatic rings. The minimum atomic E-state index is -0.0458. The number of esters is 1. The average Bonchev–Trinajstić information content (AvgIpc) is 3.46. The van der Waals surface area contributed by atoms with Gasteiger partial charge in [-0.3, -0.25) is 9.69 Å². The summed E-state index contributed by atoms with van der Waals surface area (Å²) in [5, 5.41) is 0. The molecule has 2 fully saturated rings. The summed E-state index contributed by atoms with van der Waals surface area (Å²) in [5.41, 5.74) is 1.30. The Bertz CT molecular complexity index is 740. The normalized spacial score (nSPS) is 28.3. The largest absolute Gasteiger partial charge is 0.493 e. The fourth-order valence-electron chi connectivity index (χ4n) is 4.47. The van der Waals surface area contributed by atoms with Gasteiger partial charge in [-0.25, -0.2) is 0 Å². The topological polar surface area (TPSA) is 48.0 Å². The zero-order valence-corrected chi connectivity index (χ0v) is 15.8. The monoisotopic (exact) mass is 357 g/mol. The zero-order valence-electron chi connectivity index (χ0n) is 15.8. The zero-order chi connectivity index (χ0) is 18.3. The molecule has 2 atom stereocenters. The third-order valence-corrected chi connectivity index (χ3v) is 6.21. The summed E-state index contributed by atoms with van der Waals surface area (Å²) in [5.74, 6) is 2.45. The van der Waals surface area contributed by atoms with E-state index in [1.165, 1.54) is 5.56 Å². The second-order valence-corrected chi connectivity index (χ2v) is 7.73. The van der Waals surface area contributed by atoms with Crippen LogP contribution in [0.1, 0.15) is 37.7 Å². The van der Waals surface area contributed by atoms with Gasteiger partial charge in [0.1, 0.15) is 5.76 Å². The first-order chi connectivity index (χ1) is 12.6. The molecule has 1 aromatic carbocycles. The molecule has 0 radical (unpaired) electrons. The lowest BCUT2D eigenvalue weighted by Gasteiger charge is -2.40. The maximum Gasteiger partial charge on any atom is 0.313 e. The van der Waals surface area contributed by atoms with Gasteiger partial charge in [0.25, 0.3) is 0 Å². The Kier molecular flexibility index (Phi) is 4.43. The van der Waals surface area contributed by atoms with Gasteiger partial charge in [-0.15, -0.1) is 0 Å². The number of hydrogen-bond acceptors (Lipinski definition) is 5. The number of benzene rings is 1. The van der Waals surface area contributed by atoms with Gasteiger partial charge in [-0.2, -0.15) is 0 Å². The molecule has 5 heteroatoms. The van der Waals surface area contributed by atoms with E-state index in [1.54, 1.807) is 14.2 Å². The van der Waals surface area contributed by atoms with Crippen LogP contribution in [0.2, 0.25) is 0 Å². The van der Waals surface area contributed by atoms with E-state index in [0.29, 0.717) is 0 Å². The Morgan fingerprint density at radius 3 is 2.62 bits per heavy atom. The van der Waals surface area contributed by atoms with Gasteiger partial charge in [0.15, 0.2) is 11.5 Å². The Morgan fingerprint density at radius 1 is 1.15 bits per heavy atom. The third-order valence-electron chi connectivity index (χ3n) is 6.21. The summed E-state index contributed by atoms with van der Waals surface area (Å²) < 4.78 is 16.6. The Balaban J connectivity index is 1.64. The quantitative estimate of drug-likeness (QED) is 0.757. The first-order valence-corrected chi connectivity index (χ1v) is 9.42. The summed E-state index contributed by atoms with van der Waals surface area (Å²) in [4.78, 5) is 14.4. The molecule has 1 saturated carbocycles. The number of rotatable bonds is 5. The maximum atomic E-state index is 12.0. The number of hydrogen-bond donors (Lipinski definition) is 0. The number of fused-ring (bicyclic) bond motifs is 1. The second-order valence-electron chi connectivity index (χ2n) is 7.73. The van der Waals surface area contributed by atoms with Gasteiger partial charge >= 0.3 is 5.97 Å². The highest BCUT2D eigenvalue weighted by atomic mass is 16.5. The average molecular weight is 357 g/mol. The summed E-state index contributed by atoms with van der Waals surface area (Å²) in [7, 11) is 5.48. The minimum absolute atomic E-state index is 0.0315. The molecule has 0 unspecified atom stereocenters. The Hall–Kier alpha value is -2.01. The first kappa shape index (κ1) is 17.4. The van der Waals surface area contributed by atoms with Crippen LogP contribution in [0.15, 0.2) is 30.0 Å². The number of nitrogens with zero attached hydrogens (tertiary/aromatic N) is 1. The molecule has 0 amide bonds. The number of allylic oxidation sites excluding steroid dienone is 1. The lowest BCUT2D eigenvalue weighted by atomic mass is 9.68. The van der Waals surface area contributed by atoms with Crippen molar-refractivity contribution in [2.24, 2.45) is 5.92 Å². The van der Waals surface area contributed by atoms with Gasteiger partial charge in [-0.1, -0.05) is 6.07 Å². The van der Waals surface area contributed by atoms with Crippen molar-refractivity contribution in [2.75, 3.05) is 27.8 Å². The predicted molar refractivity (Wildman–Crippen MR) is 98.4 cm³/mol. The van der Waals surface area contributed by atoms with Crippen LogP contribution >= 0.6 is 0 Å². The molecule has 4 rings (SSSR count). The molecule has 1 saturated heterocycles. The number of carbonyl (C=O) groups is 1. The van der Waals surface area contributed by atoms with E-state index >= 15 is 0 Å². The van der Waals surface area contributed by atoms with E-state index in [2.05, 4.69) is 30.2 Å². The highest BCUT2D eigenvalue weighted by Gasteiger charge is 2.49. The van der Waals surface area contributed by atoms with Crippen molar-refractivity contribution < 1.29 is 19.0 Å². The fourth-order valence-corrected chi connectivity index (χ4v) is 4.47.